The van der Waals surface area contributed by atoms with Crippen molar-refractivity contribution in [3.05, 3.63) is 48.0 Å². The monoisotopic (exact) mass is 231 g/mol. The number of carbonyl (C=O) groups is 1. The number of aryl methyl sites for hydroxylation is 1. The second-order valence-electron chi connectivity index (χ2n) is 3.84. The Morgan fingerprint density at radius 3 is 2.94 bits per heavy atom. The molecule has 2 aromatic rings. The van der Waals surface area contributed by atoms with Gasteiger partial charge in [-0.1, -0.05) is 12.1 Å². The van der Waals surface area contributed by atoms with Crippen LogP contribution in [0.25, 0.3) is 5.69 Å². The Kier molecular flexibility index (Phi) is 2.93. The quantitative estimate of drug-likeness (QED) is 0.833. The molecule has 0 fully saturated rings. The van der Waals surface area contributed by atoms with Crippen molar-refractivity contribution in [1.29, 1.82) is 0 Å². The smallest absolute Gasteiger partial charge is 0.326 e. The van der Waals surface area contributed by atoms with Crippen LogP contribution in [0.5, 0.6) is 0 Å². The molecule has 0 saturated carbocycles. The van der Waals surface area contributed by atoms with Crippen molar-refractivity contribution in [2.45, 2.75) is 13.0 Å². The number of hydrogen-bond acceptors (Lipinski definition) is 3. The van der Waals surface area contributed by atoms with E-state index in [1.165, 1.54) is 6.20 Å². The van der Waals surface area contributed by atoms with Gasteiger partial charge in [0, 0.05) is 5.69 Å². The number of aromatic nitrogens is 2. The van der Waals surface area contributed by atoms with E-state index in [1.54, 1.807) is 10.9 Å². The summed E-state index contributed by atoms with van der Waals surface area (Å²) in [5, 5.41) is 8.91. The van der Waals surface area contributed by atoms with E-state index >= 15 is 0 Å². The van der Waals surface area contributed by atoms with E-state index in [0.29, 0.717) is 5.69 Å². The van der Waals surface area contributed by atoms with Gasteiger partial charge >= 0.3 is 5.97 Å². The molecule has 0 saturated heterocycles. The lowest BCUT2D eigenvalue weighted by Gasteiger charge is -2.11. The second kappa shape index (κ2) is 4.39. The number of carboxylic acids is 1. The van der Waals surface area contributed by atoms with Gasteiger partial charge < -0.3 is 15.4 Å². The molecule has 0 aliphatic rings. The fraction of sp³-hybridized carbons (Fsp3) is 0.167. The van der Waals surface area contributed by atoms with Crippen molar-refractivity contribution in [1.82, 2.24) is 9.55 Å². The van der Waals surface area contributed by atoms with Gasteiger partial charge in [-0.2, -0.15) is 0 Å². The van der Waals surface area contributed by atoms with Crippen LogP contribution in [0.1, 0.15) is 17.3 Å². The molecule has 0 aliphatic heterocycles. The van der Waals surface area contributed by atoms with Crippen LogP contribution < -0.4 is 5.73 Å². The van der Waals surface area contributed by atoms with Crippen molar-refractivity contribution in [3.63, 3.8) is 0 Å². The van der Waals surface area contributed by atoms with Crippen molar-refractivity contribution in [2.75, 3.05) is 0 Å². The van der Waals surface area contributed by atoms with Crippen molar-refractivity contribution in [2.24, 2.45) is 5.73 Å². The van der Waals surface area contributed by atoms with E-state index in [1.807, 2.05) is 31.2 Å². The molecule has 1 aromatic heterocycles. The van der Waals surface area contributed by atoms with Gasteiger partial charge in [-0.25, -0.2) is 4.98 Å². The number of imidazole rings is 1. The first kappa shape index (κ1) is 11.3. The Bertz CT molecular complexity index is 548. The normalized spacial score (nSPS) is 12.4. The Labute approximate surface area is 98.5 Å². The van der Waals surface area contributed by atoms with Crippen molar-refractivity contribution in [3.8, 4) is 5.69 Å². The molecule has 1 aromatic carbocycles. The number of aliphatic carboxylic acids is 1. The predicted molar refractivity (Wildman–Crippen MR) is 62.9 cm³/mol. The summed E-state index contributed by atoms with van der Waals surface area (Å²) in [6.07, 6.45) is 3.04. The zero-order chi connectivity index (χ0) is 12.4. The minimum Gasteiger partial charge on any atom is -0.480 e. The van der Waals surface area contributed by atoms with E-state index < -0.39 is 12.0 Å². The number of nitrogens with zero attached hydrogens (tertiary/aromatic N) is 2. The highest BCUT2D eigenvalue weighted by Gasteiger charge is 2.19. The summed E-state index contributed by atoms with van der Waals surface area (Å²) in [6, 6.07) is 6.63. The number of nitrogens with two attached hydrogens (primary N) is 1. The summed E-state index contributed by atoms with van der Waals surface area (Å²) in [7, 11) is 0. The molecular formula is C12H13N3O2. The molecule has 2 rings (SSSR count). The van der Waals surface area contributed by atoms with Gasteiger partial charge in [0.2, 0.25) is 0 Å². The molecule has 5 nitrogen and oxygen atoms in total. The summed E-state index contributed by atoms with van der Waals surface area (Å²) >= 11 is 0. The molecule has 5 heteroatoms. The van der Waals surface area contributed by atoms with Gasteiger partial charge in [-0.3, -0.25) is 4.79 Å². The van der Waals surface area contributed by atoms with Gasteiger partial charge in [-0.15, -0.1) is 0 Å². The Morgan fingerprint density at radius 2 is 2.29 bits per heavy atom. The first-order chi connectivity index (χ1) is 8.09. The number of benzene rings is 1. The van der Waals surface area contributed by atoms with Crippen LogP contribution in [0.3, 0.4) is 0 Å². The molecule has 0 amide bonds. The molecule has 0 bridgehead atoms. The molecular weight excluding hydrogens is 218 g/mol. The average molecular weight is 231 g/mol. The maximum absolute atomic E-state index is 10.9. The summed E-state index contributed by atoms with van der Waals surface area (Å²) in [6.45, 7) is 1.97. The molecule has 0 aliphatic carbocycles. The second-order valence-corrected chi connectivity index (χ2v) is 3.84. The van der Waals surface area contributed by atoms with Crippen LogP contribution in [-0.2, 0) is 4.79 Å². The SMILES string of the molecule is Cc1cccc(-n2cncc2C(N)C(=O)O)c1. The molecule has 0 radical (unpaired) electrons. The van der Waals surface area contributed by atoms with Gasteiger partial charge in [0.25, 0.3) is 0 Å². The third kappa shape index (κ3) is 2.19. The summed E-state index contributed by atoms with van der Waals surface area (Å²) in [5.74, 6) is -1.07. The lowest BCUT2D eigenvalue weighted by Crippen LogP contribution is -2.23. The van der Waals surface area contributed by atoms with Gasteiger partial charge in [-0.05, 0) is 24.6 Å². The molecule has 0 spiro atoms. The maximum atomic E-state index is 10.9. The lowest BCUT2D eigenvalue weighted by molar-refractivity contribution is -0.138. The third-order valence-corrected chi connectivity index (χ3v) is 2.53. The standard InChI is InChI=1S/C12H13N3O2/c1-8-3-2-4-9(5-8)15-7-14-6-10(15)11(13)12(16)17/h2-7,11H,13H2,1H3,(H,16,17). The molecule has 88 valence electrons. The summed E-state index contributed by atoms with van der Waals surface area (Å²) < 4.78 is 1.69. The molecule has 17 heavy (non-hydrogen) atoms. The zero-order valence-corrected chi connectivity index (χ0v) is 9.37. The van der Waals surface area contributed by atoms with Gasteiger partial charge in [0.15, 0.2) is 0 Å². The summed E-state index contributed by atoms with van der Waals surface area (Å²) in [4.78, 5) is 14.8. The largest absolute Gasteiger partial charge is 0.480 e. The zero-order valence-electron chi connectivity index (χ0n) is 9.37. The van der Waals surface area contributed by atoms with Crippen LogP contribution in [-0.4, -0.2) is 20.6 Å². The van der Waals surface area contributed by atoms with Crippen LogP contribution >= 0.6 is 0 Å². The van der Waals surface area contributed by atoms with E-state index in [2.05, 4.69) is 4.98 Å². The summed E-state index contributed by atoms with van der Waals surface area (Å²) in [5.41, 5.74) is 8.00. The Morgan fingerprint density at radius 1 is 1.53 bits per heavy atom. The Hall–Kier alpha value is -2.14. The maximum Gasteiger partial charge on any atom is 0.326 e. The fourth-order valence-electron chi connectivity index (χ4n) is 1.66. The molecule has 1 atom stereocenters. The Balaban J connectivity index is 2.47. The van der Waals surface area contributed by atoms with E-state index in [0.717, 1.165) is 11.3 Å². The van der Waals surface area contributed by atoms with Crippen LogP contribution in [0.4, 0.5) is 0 Å². The van der Waals surface area contributed by atoms with Crippen LogP contribution in [0.2, 0.25) is 0 Å². The molecule has 3 N–H and O–H groups in total. The topological polar surface area (TPSA) is 81.1 Å². The third-order valence-electron chi connectivity index (χ3n) is 2.53. The predicted octanol–water partition coefficient (Wildman–Crippen LogP) is 1.27. The van der Waals surface area contributed by atoms with Crippen LogP contribution in [0, 0.1) is 6.92 Å². The highest BCUT2D eigenvalue weighted by molar-refractivity contribution is 5.74. The first-order valence-corrected chi connectivity index (χ1v) is 5.17. The number of hydrogen-bond donors (Lipinski definition) is 2. The molecule has 1 unspecified atom stereocenters. The lowest BCUT2D eigenvalue weighted by atomic mass is 10.2. The number of carboxylic acid groups (broad SMARTS) is 1. The van der Waals surface area contributed by atoms with E-state index in [-0.39, 0.29) is 0 Å². The minimum absolute atomic E-state index is 0.461. The van der Waals surface area contributed by atoms with Crippen LogP contribution in [0.15, 0.2) is 36.8 Å². The first-order valence-electron chi connectivity index (χ1n) is 5.17. The number of rotatable bonds is 3. The van der Waals surface area contributed by atoms with Gasteiger partial charge in [0.05, 0.1) is 18.2 Å². The minimum atomic E-state index is -1.07. The van der Waals surface area contributed by atoms with Crippen molar-refractivity contribution < 1.29 is 9.90 Å². The highest BCUT2D eigenvalue weighted by Crippen LogP contribution is 2.17. The van der Waals surface area contributed by atoms with E-state index in [4.69, 9.17) is 10.8 Å². The van der Waals surface area contributed by atoms with Gasteiger partial charge in [0.1, 0.15) is 6.04 Å². The fourth-order valence-corrected chi connectivity index (χ4v) is 1.66. The van der Waals surface area contributed by atoms with E-state index in [9.17, 15) is 4.79 Å². The average Bonchev–Trinajstić information content (AvgIpc) is 2.76. The van der Waals surface area contributed by atoms with Crippen molar-refractivity contribution >= 4 is 5.97 Å². The highest BCUT2D eigenvalue weighted by atomic mass is 16.4. The molecule has 1 heterocycles.